The van der Waals surface area contributed by atoms with Gasteiger partial charge >= 0.3 is 0 Å². The predicted octanol–water partition coefficient (Wildman–Crippen LogP) is 2.69. The SMILES string of the molecule is C#CC(CCC)NCC(C#N)c1ccccc1. The standard InChI is InChI=1S/C15H18N2/c1-3-8-15(4-2)17-12-14(11-16)13-9-6-5-7-10-13/h2,5-7,9-10,14-15,17H,3,8,12H2,1H3. The van der Waals surface area contributed by atoms with Gasteiger partial charge in [-0.2, -0.15) is 5.26 Å². The summed E-state index contributed by atoms with van der Waals surface area (Å²) >= 11 is 0. The molecule has 0 spiro atoms. The van der Waals surface area contributed by atoms with Crippen LogP contribution in [0, 0.1) is 23.7 Å². The van der Waals surface area contributed by atoms with Crippen molar-refractivity contribution in [3.8, 4) is 18.4 Å². The Morgan fingerprint density at radius 2 is 2.06 bits per heavy atom. The van der Waals surface area contributed by atoms with Gasteiger partial charge in [0.1, 0.15) is 0 Å². The second kappa shape index (κ2) is 7.49. The first-order valence-electron chi connectivity index (χ1n) is 5.95. The van der Waals surface area contributed by atoms with Crippen LogP contribution in [-0.2, 0) is 0 Å². The quantitative estimate of drug-likeness (QED) is 0.757. The second-order valence-corrected chi connectivity index (χ2v) is 4.01. The summed E-state index contributed by atoms with van der Waals surface area (Å²) in [5, 5.41) is 12.4. The number of benzene rings is 1. The minimum atomic E-state index is -0.135. The first-order valence-corrected chi connectivity index (χ1v) is 5.95. The Kier molecular flexibility index (Phi) is 5.86. The number of terminal acetylenes is 1. The first kappa shape index (κ1) is 13.3. The van der Waals surface area contributed by atoms with Gasteiger partial charge in [0.25, 0.3) is 0 Å². The van der Waals surface area contributed by atoms with E-state index in [0.717, 1.165) is 18.4 Å². The van der Waals surface area contributed by atoms with E-state index in [2.05, 4.69) is 24.2 Å². The number of rotatable bonds is 6. The highest BCUT2D eigenvalue weighted by Crippen LogP contribution is 2.13. The Bertz CT molecular complexity index is 397. The van der Waals surface area contributed by atoms with E-state index in [-0.39, 0.29) is 12.0 Å². The molecule has 0 fully saturated rings. The molecule has 0 aliphatic rings. The summed E-state index contributed by atoms with van der Waals surface area (Å²) in [7, 11) is 0. The van der Waals surface area contributed by atoms with Crippen molar-refractivity contribution in [3.05, 3.63) is 35.9 Å². The Balaban J connectivity index is 2.55. The Morgan fingerprint density at radius 1 is 1.35 bits per heavy atom. The lowest BCUT2D eigenvalue weighted by atomic mass is 10.00. The van der Waals surface area contributed by atoms with Gasteiger partial charge in [-0.1, -0.05) is 49.6 Å². The van der Waals surface area contributed by atoms with Crippen LogP contribution in [0.1, 0.15) is 31.2 Å². The van der Waals surface area contributed by atoms with Crippen molar-refractivity contribution in [1.82, 2.24) is 5.32 Å². The summed E-state index contributed by atoms with van der Waals surface area (Å²) in [5.41, 5.74) is 1.04. The van der Waals surface area contributed by atoms with Gasteiger partial charge in [-0.25, -0.2) is 0 Å². The highest BCUT2D eigenvalue weighted by molar-refractivity contribution is 5.25. The fraction of sp³-hybridized carbons (Fsp3) is 0.400. The molecule has 0 aliphatic carbocycles. The normalized spacial score (nSPS) is 13.4. The van der Waals surface area contributed by atoms with Crippen molar-refractivity contribution >= 4 is 0 Å². The third-order valence-corrected chi connectivity index (χ3v) is 2.70. The molecule has 1 aromatic rings. The van der Waals surface area contributed by atoms with Crippen molar-refractivity contribution in [2.75, 3.05) is 6.54 Å². The van der Waals surface area contributed by atoms with E-state index < -0.39 is 0 Å². The summed E-state index contributed by atoms with van der Waals surface area (Å²) in [4.78, 5) is 0. The van der Waals surface area contributed by atoms with Gasteiger partial charge in [0.05, 0.1) is 18.0 Å². The lowest BCUT2D eigenvalue weighted by Gasteiger charge is -2.15. The molecule has 0 bridgehead atoms. The average molecular weight is 226 g/mol. The topological polar surface area (TPSA) is 35.8 Å². The first-order chi connectivity index (χ1) is 8.31. The van der Waals surface area contributed by atoms with Gasteiger partial charge in [0.2, 0.25) is 0 Å². The number of hydrogen-bond acceptors (Lipinski definition) is 2. The Hall–Kier alpha value is -1.77. The molecule has 0 saturated carbocycles. The molecule has 0 amide bonds. The summed E-state index contributed by atoms with van der Waals surface area (Å²) in [6, 6.07) is 12.2. The van der Waals surface area contributed by atoms with Crippen LogP contribution in [0.5, 0.6) is 0 Å². The van der Waals surface area contributed by atoms with E-state index in [9.17, 15) is 0 Å². The Morgan fingerprint density at radius 3 is 2.59 bits per heavy atom. The lowest BCUT2D eigenvalue weighted by molar-refractivity contribution is 0.550. The molecule has 17 heavy (non-hydrogen) atoms. The van der Waals surface area contributed by atoms with Crippen LogP contribution in [0.15, 0.2) is 30.3 Å². The maximum atomic E-state index is 9.15. The highest BCUT2D eigenvalue weighted by atomic mass is 14.9. The third kappa shape index (κ3) is 4.31. The van der Waals surface area contributed by atoms with E-state index >= 15 is 0 Å². The number of hydrogen-bond donors (Lipinski definition) is 1. The van der Waals surface area contributed by atoms with E-state index in [1.165, 1.54) is 0 Å². The van der Waals surface area contributed by atoms with Crippen molar-refractivity contribution in [3.63, 3.8) is 0 Å². The van der Waals surface area contributed by atoms with Crippen LogP contribution in [0.2, 0.25) is 0 Å². The van der Waals surface area contributed by atoms with Crippen molar-refractivity contribution < 1.29 is 0 Å². The minimum Gasteiger partial charge on any atom is -0.302 e. The molecule has 0 radical (unpaired) electrons. The van der Waals surface area contributed by atoms with Crippen LogP contribution in [0.3, 0.4) is 0 Å². The zero-order valence-corrected chi connectivity index (χ0v) is 10.2. The molecule has 0 saturated heterocycles. The smallest absolute Gasteiger partial charge is 0.0837 e. The molecular formula is C15H18N2. The average Bonchev–Trinajstić information content (AvgIpc) is 2.39. The molecule has 1 aromatic carbocycles. The summed E-state index contributed by atoms with van der Waals surface area (Å²) < 4.78 is 0. The van der Waals surface area contributed by atoms with Crippen LogP contribution < -0.4 is 5.32 Å². The zero-order valence-electron chi connectivity index (χ0n) is 10.2. The summed E-state index contributed by atoms with van der Waals surface area (Å²) in [6.45, 7) is 2.71. The summed E-state index contributed by atoms with van der Waals surface area (Å²) in [5.74, 6) is 2.58. The number of nitriles is 1. The molecule has 2 atom stereocenters. The maximum Gasteiger partial charge on any atom is 0.0837 e. The second-order valence-electron chi connectivity index (χ2n) is 4.01. The predicted molar refractivity (Wildman–Crippen MR) is 70.3 cm³/mol. The van der Waals surface area contributed by atoms with Crippen molar-refractivity contribution in [2.24, 2.45) is 0 Å². The fourth-order valence-electron chi connectivity index (χ4n) is 1.72. The van der Waals surface area contributed by atoms with Gasteiger partial charge < -0.3 is 5.32 Å². The summed E-state index contributed by atoms with van der Waals surface area (Å²) in [6.07, 6.45) is 7.42. The lowest BCUT2D eigenvalue weighted by Crippen LogP contribution is -2.31. The largest absolute Gasteiger partial charge is 0.302 e. The van der Waals surface area contributed by atoms with Gasteiger partial charge in [-0.3, -0.25) is 0 Å². The van der Waals surface area contributed by atoms with E-state index in [4.69, 9.17) is 11.7 Å². The zero-order chi connectivity index (χ0) is 12.5. The van der Waals surface area contributed by atoms with Crippen molar-refractivity contribution in [1.29, 1.82) is 5.26 Å². The van der Waals surface area contributed by atoms with Crippen LogP contribution in [0.4, 0.5) is 0 Å². The molecule has 88 valence electrons. The van der Waals surface area contributed by atoms with E-state index in [1.807, 2.05) is 30.3 Å². The molecule has 0 heterocycles. The maximum absolute atomic E-state index is 9.15. The van der Waals surface area contributed by atoms with Crippen LogP contribution in [0.25, 0.3) is 0 Å². The molecule has 1 N–H and O–H groups in total. The molecule has 0 aliphatic heterocycles. The van der Waals surface area contributed by atoms with Gasteiger partial charge in [-0.15, -0.1) is 6.42 Å². The Labute approximate surface area is 104 Å². The van der Waals surface area contributed by atoms with E-state index in [0.29, 0.717) is 6.54 Å². The fourth-order valence-corrected chi connectivity index (χ4v) is 1.72. The molecule has 2 nitrogen and oxygen atoms in total. The van der Waals surface area contributed by atoms with E-state index in [1.54, 1.807) is 0 Å². The monoisotopic (exact) mass is 226 g/mol. The molecular weight excluding hydrogens is 208 g/mol. The van der Waals surface area contributed by atoms with Gasteiger partial charge in [0, 0.05) is 6.54 Å². The minimum absolute atomic E-state index is 0.0690. The number of nitrogens with one attached hydrogen (secondary N) is 1. The molecule has 2 heteroatoms. The number of nitrogens with zero attached hydrogens (tertiary/aromatic N) is 1. The van der Waals surface area contributed by atoms with Crippen LogP contribution in [-0.4, -0.2) is 12.6 Å². The third-order valence-electron chi connectivity index (χ3n) is 2.70. The van der Waals surface area contributed by atoms with Crippen molar-refractivity contribution in [2.45, 2.75) is 31.7 Å². The van der Waals surface area contributed by atoms with Crippen LogP contribution >= 0.6 is 0 Å². The highest BCUT2D eigenvalue weighted by Gasteiger charge is 2.11. The van der Waals surface area contributed by atoms with Gasteiger partial charge in [-0.05, 0) is 12.0 Å². The molecule has 2 unspecified atom stereocenters. The van der Waals surface area contributed by atoms with Gasteiger partial charge in [0.15, 0.2) is 0 Å². The molecule has 0 aromatic heterocycles. The molecule has 1 rings (SSSR count).